The number of carboxylic acid groups (broad SMARTS) is 1. The van der Waals surface area contributed by atoms with Crippen molar-refractivity contribution in [1.82, 2.24) is 0 Å². The molecule has 1 aliphatic rings. The van der Waals surface area contributed by atoms with E-state index in [-0.39, 0.29) is 22.6 Å². The average Bonchev–Trinajstić information content (AvgIpc) is 2.84. The van der Waals surface area contributed by atoms with Crippen molar-refractivity contribution in [3.63, 3.8) is 0 Å². The Bertz CT molecular complexity index is 1040. The summed E-state index contributed by atoms with van der Waals surface area (Å²) in [4.78, 5) is 23.8. The summed E-state index contributed by atoms with van der Waals surface area (Å²) in [6.07, 6.45) is 1.45. The number of benzene rings is 1. The Morgan fingerprint density at radius 1 is 1.15 bits per heavy atom. The lowest BCUT2D eigenvalue weighted by molar-refractivity contribution is -0.132. The van der Waals surface area contributed by atoms with Crippen molar-refractivity contribution in [3.05, 3.63) is 81.5 Å². The van der Waals surface area contributed by atoms with Crippen molar-refractivity contribution in [2.75, 3.05) is 7.11 Å². The Labute approximate surface area is 148 Å². The highest BCUT2D eigenvalue weighted by Crippen LogP contribution is 2.36. The van der Waals surface area contributed by atoms with E-state index in [1.807, 2.05) is 0 Å². The molecule has 0 saturated heterocycles. The van der Waals surface area contributed by atoms with Gasteiger partial charge in [0.2, 0.25) is 5.43 Å². The third-order valence-electron chi connectivity index (χ3n) is 3.84. The lowest BCUT2D eigenvalue weighted by Gasteiger charge is -2.19. The number of carboxylic acids is 1. The van der Waals surface area contributed by atoms with E-state index in [9.17, 15) is 20.0 Å². The second-order valence-electron chi connectivity index (χ2n) is 5.37. The highest BCUT2D eigenvalue weighted by molar-refractivity contribution is 6.05. The number of ether oxygens (including phenoxy) is 2. The number of nitriles is 1. The van der Waals surface area contributed by atoms with Crippen molar-refractivity contribution >= 4 is 17.3 Å². The summed E-state index contributed by atoms with van der Waals surface area (Å²) in [5.74, 6) is -0.486. The molecule has 0 fully saturated rings. The molecule has 0 amide bonds. The summed E-state index contributed by atoms with van der Waals surface area (Å²) in [6.45, 7) is 0. The molecule has 0 bridgehead atoms. The number of allylic oxidation sites excluding steroid dienone is 2. The summed E-state index contributed by atoms with van der Waals surface area (Å²) >= 11 is 0. The molecule has 128 valence electrons. The van der Waals surface area contributed by atoms with E-state index in [4.69, 9.17) is 9.47 Å². The number of fused-ring (bicyclic) bond motifs is 1. The van der Waals surface area contributed by atoms with E-state index in [0.717, 1.165) is 0 Å². The van der Waals surface area contributed by atoms with Gasteiger partial charge in [-0.15, -0.1) is 0 Å². The van der Waals surface area contributed by atoms with E-state index < -0.39 is 17.0 Å². The van der Waals surface area contributed by atoms with Crippen molar-refractivity contribution < 1.29 is 19.4 Å². The first-order valence-corrected chi connectivity index (χ1v) is 7.60. The van der Waals surface area contributed by atoms with Crippen LogP contribution < -0.4 is 14.9 Å². The van der Waals surface area contributed by atoms with Gasteiger partial charge in [-0.3, -0.25) is 4.79 Å². The molecule has 6 heteroatoms. The van der Waals surface area contributed by atoms with Gasteiger partial charge in [0.25, 0.3) is 0 Å². The van der Waals surface area contributed by atoms with E-state index in [1.54, 1.807) is 42.5 Å². The van der Waals surface area contributed by atoms with Crippen molar-refractivity contribution in [2.24, 2.45) is 0 Å². The number of nitrogens with zero attached hydrogens (tertiary/aromatic N) is 1. The molecular weight excluding hydrogens is 334 g/mol. The van der Waals surface area contributed by atoms with Crippen LogP contribution in [0.1, 0.15) is 11.1 Å². The van der Waals surface area contributed by atoms with E-state index in [0.29, 0.717) is 11.3 Å². The molecule has 3 rings (SSSR count). The van der Waals surface area contributed by atoms with Gasteiger partial charge in [0.05, 0.1) is 7.11 Å². The maximum absolute atomic E-state index is 12.3. The van der Waals surface area contributed by atoms with Gasteiger partial charge in [0.1, 0.15) is 23.2 Å². The number of rotatable bonds is 3. The number of carbonyl (C=O) groups is 1. The molecular formula is C20H13NO5. The maximum atomic E-state index is 12.3. The molecule has 1 aliphatic heterocycles. The predicted molar refractivity (Wildman–Crippen MR) is 94.5 cm³/mol. The van der Waals surface area contributed by atoms with Crippen LogP contribution in [0.5, 0.6) is 11.5 Å². The third kappa shape index (κ3) is 3.06. The van der Waals surface area contributed by atoms with Crippen LogP contribution in [0.4, 0.5) is 0 Å². The van der Waals surface area contributed by atoms with Crippen LogP contribution in [-0.2, 0) is 4.79 Å². The molecule has 0 aliphatic carbocycles. The largest absolute Gasteiger partial charge is 0.497 e. The zero-order valence-corrected chi connectivity index (χ0v) is 13.7. The topological polar surface area (TPSA) is 96.6 Å². The Balaban J connectivity index is 2.28. The SMILES string of the molecule is COc1ccc(C2=C/C(=C(\C#N)C(=O)O)c3ccccc(=O)c3O2)cc1. The first kappa shape index (κ1) is 17.0. The van der Waals surface area contributed by atoms with Crippen LogP contribution in [0.25, 0.3) is 11.3 Å². The molecule has 0 saturated carbocycles. The summed E-state index contributed by atoms with van der Waals surface area (Å²) in [5.41, 5.74) is 0.120. The maximum Gasteiger partial charge on any atom is 0.347 e. The fraction of sp³-hybridized carbons (Fsp3) is 0.0500. The molecule has 0 radical (unpaired) electrons. The molecule has 2 aromatic carbocycles. The van der Waals surface area contributed by atoms with Gasteiger partial charge >= 0.3 is 5.97 Å². The summed E-state index contributed by atoms with van der Waals surface area (Å²) < 4.78 is 10.9. The number of methoxy groups -OCH3 is 1. The van der Waals surface area contributed by atoms with Crippen molar-refractivity contribution in [1.29, 1.82) is 5.26 Å². The van der Waals surface area contributed by atoms with Gasteiger partial charge in [0, 0.05) is 16.7 Å². The first-order valence-electron chi connectivity index (χ1n) is 7.60. The van der Waals surface area contributed by atoms with Crippen LogP contribution in [0.3, 0.4) is 0 Å². The Hall–Kier alpha value is -3.85. The lowest BCUT2D eigenvalue weighted by Crippen LogP contribution is -2.13. The van der Waals surface area contributed by atoms with E-state index in [2.05, 4.69) is 0 Å². The van der Waals surface area contributed by atoms with Gasteiger partial charge in [-0.1, -0.05) is 18.2 Å². The predicted octanol–water partition coefficient (Wildman–Crippen LogP) is 2.85. The Morgan fingerprint density at radius 3 is 2.46 bits per heavy atom. The second-order valence-corrected chi connectivity index (χ2v) is 5.37. The van der Waals surface area contributed by atoms with Gasteiger partial charge in [-0.05, 0) is 36.4 Å². The summed E-state index contributed by atoms with van der Waals surface area (Å²) in [7, 11) is 1.54. The smallest absolute Gasteiger partial charge is 0.347 e. The Morgan fingerprint density at radius 2 is 1.85 bits per heavy atom. The van der Waals surface area contributed by atoms with Crippen LogP contribution in [-0.4, -0.2) is 18.2 Å². The van der Waals surface area contributed by atoms with Crippen LogP contribution in [0.2, 0.25) is 0 Å². The van der Waals surface area contributed by atoms with Crippen LogP contribution >= 0.6 is 0 Å². The Kier molecular flexibility index (Phi) is 4.54. The molecule has 1 heterocycles. The number of aliphatic carboxylic acids is 1. The second kappa shape index (κ2) is 6.95. The minimum Gasteiger partial charge on any atom is -0.497 e. The molecule has 2 aromatic rings. The average molecular weight is 347 g/mol. The summed E-state index contributed by atoms with van der Waals surface area (Å²) in [5, 5.41) is 18.6. The lowest BCUT2D eigenvalue weighted by atomic mass is 9.96. The highest BCUT2D eigenvalue weighted by Gasteiger charge is 2.25. The van der Waals surface area contributed by atoms with E-state index in [1.165, 1.54) is 25.3 Å². The first-order chi connectivity index (χ1) is 12.5. The van der Waals surface area contributed by atoms with Crippen molar-refractivity contribution in [3.8, 4) is 17.6 Å². The van der Waals surface area contributed by atoms with Crippen LogP contribution in [0, 0.1) is 11.3 Å². The summed E-state index contributed by atoms with van der Waals surface area (Å²) in [6, 6.07) is 14.5. The quantitative estimate of drug-likeness (QED) is 0.677. The molecule has 6 nitrogen and oxygen atoms in total. The molecule has 1 N–H and O–H groups in total. The minimum absolute atomic E-state index is 0.0210. The molecule has 0 spiro atoms. The number of hydrogen-bond donors (Lipinski definition) is 1. The molecule has 0 atom stereocenters. The van der Waals surface area contributed by atoms with Gasteiger partial charge < -0.3 is 14.6 Å². The zero-order valence-electron chi connectivity index (χ0n) is 13.7. The van der Waals surface area contributed by atoms with Gasteiger partial charge in [-0.25, -0.2) is 4.79 Å². The third-order valence-corrected chi connectivity index (χ3v) is 3.84. The minimum atomic E-state index is -1.38. The van der Waals surface area contributed by atoms with Crippen LogP contribution in [0.15, 0.2) is 65.0 Å². The highest BCUT2D eigenvalue weighted by atomic mass is 16.5. The van der Waals surface area contributed by atoms with Gasteiger partial charge in [-0.2, -0.15) is 5.26 Å². The molecule has 0 unspecified atom stereocenters. The molecule has 0 aromatic heterocycles. The fourth-order valence-electron chi connectivity index (χ4n) is 2.57. The standard InChI is InChI=1S/C20H13NO5/c1-25-13-8-6-12(7-9-13)18-10-15(16(11-21)20(23)24)14-4-2-3-5-17(22)19(14)26-18/h2-10H,1H3,(H,23,24)/b16-15-. The fourth-order valence-corrected chi connectivity index (χ4v) is 2.57. The van der Waals surface area contributed by atoms with E-state index >= 15 is 0 Å². The van der Waals surface area contributed by atoms with Gasteiger partial charge in [0.15, 0.2) is 5.75 Å². The zero-order chi connectivity index (χ0) is 18.7. The monoisotopic (exact) mass is 347 g/mol. The number of hydrogen-bond acceptors (Lipinski definition) is 5. The molecule has 26 heavy (non-hydrogen) atoms. The van der Waals surface area contributed by atoms with Crippen molar-refractivity contribution in [2.45, 2.75) is 0 Å². The normalized spacial score (nSPS) is 14.2.